The summed E-state index contributed by atoms with van der Waals surface area (Å²) in [4.78, 5) is 12.4. The second-order valence-corrected chi connectivity index (χ2v) is 6.21. The van der Waals surface area contributed by atoms with Crippen LogP contribution in [0.1, 0.15) is 37.2 Å². The van der Waals surface area contributed by atoms with Crippen molar-refractivity contribution in [3.8, 4) is 0 Å². The first-order chi connectivity index (χ1) is 9.74. The summed E-state index contributed by atoms with van der Waals surface area (Å²) < 4.78 is 1.81. The van der Waals surface area contributed by atoms with Gasteiger partial charge in [-0.25, -0.2) is 0 Å². The van der Waals surface area contributed by atoms with Gasteiger partial charge in [0.2, 0.25) is 5.91 Å². The van der Waals surface area contributed by atoms with Crippen LogP contribution >= 0.6 is 12.4 Å². The minimum atomic E-state index is 0. The lowest BCUT2D eigenvalue weighted by Gasteiger charge is -2.18. The molecular weight excluding hydrogens is 288 g/mol. The molecule has 6 heteroatoms. The molecule has 1 aliphatic heterocycles. The molecule has 0 radical (unpaired) electrons. The standard InChI is InChI=1S/C15H24N4O.ClH/c1-19-10-12(7-18-19)13-8-16-9-14(13)15(20)17-6-11-4-2-3-5-11;/h7,10-11,13-14,16H,2-6,8-9H2,1H3,(H,17,20);1H/t13-,14+;/m1./s1. The van der Waals surface area contributed by atoms with E-state index in [0.717, 1.165) is 19.6 Å². The molecule has 0 bridgehead atoms. The van der Waals surface area contributed by atoms with E-state index in [-0.39, 0.29) is 30.2 Å². The van der Waals surface area contributed by atoms with Crippen molar-refractivity contribution in [1.29, 1.82) is 0 Å². The van der Waals surface area contributed by atoms with Crippen LogP contribution < -0.4 is 10.6 Å². The lowest BCUT2D eigenvalue weighted by Crippen LogP contribution is -2.36. The van der Waals surface area contributed by atoms with Gasteiger partial charge in [0.05, 0.1) is 12.1 Å². The molecule has 2 fully saturated rings. The molecule has 21 heavy (non-hydrogen) atoms. The molecule has 1 saturated heterocycles. The zero-order chi connectivity index (χ0) is 13.9. The zero-order valence-corrected chi connectivity index (χ0v) is 13.4. The molecule has 1 aliphatic carbocycles. The molecule has 2 atom stereocenters. The van der Waals surface area contributed by atoms with Crippen molar-refractivity contribution in [3.63, 3.8) is 0 Å². The highest BCUT2D eigenvalue weighted by Gasteiger charge is 2.34. The molecule has 2 aliphatic rings. The van der Waals surface area contributed by atoms with Gasteiger partial charge >= 0.3 is 0 Å². The van der Waals surface area contributed by atoms with Crippen molar-refractivity contribution in [2.24, 2.45) is 18.9 Å². The van der Waals surface area contributed by atoms with E-state index in [0.29, 0.717) is 5.92 Å². The van der Waals surface area contributed by atoms with Crippen molar-refractivity contribution in [2.75, 3.05) is 19.6 Å². The first kappa shape index (κ1) is 16.3. The highest BCUT2D eigenvalue weighted by molar-refractivity contribution is 5.85. The number of nitrogens with zero attached hydrogens (tertiary/aromatic N) is 2. The Morgan fingerprint density at radius 3 is 2.86 bits per heavy atom. The van der Waals surface area contributed by atoms with Crippen LogP contribution in [0.3, 0.4) is 0 Å². The molecule has 1 aromatic rings. The quantitative estimate of drug-likeness (QED) is 0.885. The van der Waals surface area contributed by atoms with Crippen LogP contribution in [0, 0.1) is 11.8 Å². The second-order valence-electron chi connectivity index (χ2n) is 6.21. The molecule has 0 aromatic carbocycles. The second kappa shape index (κ2) is 7.27. The average molecular weight is 313 g/mol. The summed E-state index contributed by atoms with van der Waals surface area (Å²) in [6.07, 6.45) is 9.10. The Morgan fingerprint density at radius 2 is 2.19 bits per heavy atom. The van der Waals surface area contributed by atoms with Crippen molar-refractivity contribution < 1.29 is 4.79 Å². The van der Waals surface area contributed by atoms with Crippen LogP contribution in [0.15, 0.2) is 12.4 Å². The van der Waals surface area contributed by atoms with Gasteiger partial charge in [0.1, 0.15) is 0 Å². The first-order valence-corrected chi connectivity index (χ1v) is 7.71. The molecular formula is C15H25ClN4O. The summed E-state index contributed by atoms with van der Waals surface area (Å²) in [5.41, 5.74) is 1.17. The van der Waals surface area contributed by atoms with E-state index >= 15 is 0 Å². The highest BCUT2D eigenvalue weighted by atomic mass is 35.5. The van der Waals surface area contributed by atoms with Crippen LogP contribution in [0.5, 0.6) is 0 Å². The van der Waals surface area contributed by atoms with E-state index in [2.05, 4.69) is 15.7 Å². The molecule has 1 saturated carbocycles. The monoisotopic (exact) mass is 312 g/mol. The van der Waals surface area contributed by atoms with E-state index in [1.165, 1.54) is 31.2 Å². The molecule has 5 nitrogen and oxygen atoms in total. The van der Waals surface area contributed by atoms with Crippen molar-refractivity contribution >= 4 is 18.3 Å². The highest BCUT2D eigenvalue weighted by Crippen LogP contribution is 2.28. The lowest BCUT2D eigenvalue weighted by atomic mass is 9.90. The Bertz CT molecular complexity index is 470. The number of aromatic nitrogens is 2. The van der Waals surface area contributed by atoms with E-state index in [4.69, 9.17) is 0 Å². The summed E-state index contributed by atoms with van der Waals surface area (Å²) in [6, 6.07) is 0. The number of halogens is 1. The smallest absolute Gasteiger partial charge is 0.225 e. The number of nitrogens with one attached hydrogen (secondary N) is 2. The van der Waals surface area contributed by atoms with E-state index in [1.807, 2.05) is 19.4 Å². The molecule has 1 aromatic heterocycles. The predicted octanol–water partition coefficient (Wildman–Crippen LogP) is 1.45. The van der Waals surface area contributed by atoms with Crippen LogP contribution in [-0.4, -0.2) is 35.3 Å². The van der Waals surface area contributed by atoms with Gasteiger partial charge in [0, 0.05) is 38.8 Å². The average Bonchev–Trinajstić information content (AvgIpc) is 3.16. The predicted molar refractivity (Wildman–Crippen MR) is 84.5 cm³/mol. The van der Waals surface area contributed by atoms with E-state index in [1.54, 1.807) is 4.68 Å². The van der Waals surface area contributed by atoms with Gasteiger partial charge in [-0.05, 0) is 24.3 Å². The number of carbonyl (C=O) groups excluding carboxylic acids is 1. The number of hydrogen-bond acceptors (Lipinski definition) is 3. The van der Waals surface area contributed by atoms with Crippen molar-refractivity contribution in [1.82, 2.24) is 20.4 Å². The summed E-state index contributed by atoms with van der Waals surface area (Å²) in [5, 5.41) is 10.7. The Hall–Kier alpha value is -1.07. The summed E-state index contributed by atoms with van der Waals surface area (Å²) in [6.45, 7) is 2.50. The minimum absolute atomic E-state index is 0. The van der Waals surface area contributed by atoms with Crippen molar-refractivity contribution in [3.05, 3.63) is 18.0 Å². The molecule has 0 unspecified atom stereocenters. The van der Waals surface area contributed by atoms with Crippen LogP contribution in [-0.2, 0) is 11.8 Å². The molecule has 2 N–H and O–H groups in total. The first-order valence-electron chi connectivity index (χ1n) is 7.71. The fraction of sp³-hybridized carbons (Fsp3) is 0.733. The number of amides is 1. The Balaban J connectivity index is 0.00000161. The maximum atomic E-state index is 12.4. The molecule has 118 valence electrons. The van der Waals surface area contributed by atoms with Gasteiger partial charge in [-0.1, -0.05) is 12.8 Å². The third-order valence-corrected chi connectivity index (χ3v) is 4.74. The Morgan fingerprint density at radius 1 is 1.43 bits per heavy atom. The van der Waals surface area contributed by atoms with E-state index in [9.17, 15) is 4.79 Å². The Kier molecular flexibility index (Phi) is 5.65. The number of hydrogen-bond donors (Lipinski definition) is 2. The lowest BCUT2D eigenvalue weighted by molar-refractivity contribution is -0.125. The normalized spacial score (nSPS) is 25.8. The van der Waals surface area contributed by atoms with Gasteiger partial charge in [0.25, 0.3) is 0 Å². The van der Waals surface area contributed by atoms with Crippen LogP contribution in [0.25, 0.3) is 0 Å². The third kappa shape index (κ3) is 3.77. The van der Waals surface area contributed by atoms with Crippen LogP contribution in [0.2, 0.25) is 0 Å². The molecule has 1 amide bonds. The number of rotatable bonds is 4. The summed E-state index contributed by atoms with van der Waals surface area (Å²) in [5.74, 6) is 1.20. The summed E-state index contributed by atoms with van der Waals surface area (Å²) >= 11 is 0. The minimum Gasteiger partial charge on any atom is -0.356 e. The van der Waals surface area contributed by atoms with Gasteiger partial charge in [-0.2, -0.15) is 5.10 Å². The van der Waals surface area contributed by atoms with Crippen molar-refractivity contribution in [2.45, 2.75) is 31.6 Å². The molecule has 2 heterocycles. The van der Waals surface area contributed by atoms with Gasteiger partial charge in [0.15, 0.2) is 0 Å². The van der Waals surface area contributed by atoms with Gasteiger partial charge < -0.3 is 10.6 Å². The zero-order valence-electron chi connectivity index (χ0n) is 12.5. The topological polar surface area (TPSA) is 59.0 Å². The maximum absolute atomic E-state index is 12.4. The maximum Gasteiger partial charge on any atom is 0.225 e. The van der Waals surface area contributed by atoms with Gasteiger partial charge in [-0.3, -0.25) is 9.48 Å². The molecule has 3 rings (SSSR count). The largest absolute Gasteiger partial charge is 0.356 e. The third-order valence-electron chi connectivity index (χ3n) is 4.74. The Labute approximate surface area is 132 Å². The fourth-order valence-electron chi connectivity index (χ4n) is 3.53. The van der Waals surface area contributed by atoms with Crippen LogP contribution in [0.4, 0.5) is 0 Å². The number of aryl methyl sites for hydroxylation is 1. The SMILES string of the molecule is Cl.Cn1cc([C@H]2CNC[C@@H]2C(=O)NCC2CCCC2)cn1. The van der Waals surface area contributed by atoms with E-state index < -0.39 is 0 Å². The summed E-state index contributed by atoms with van der Waals surface area (Å²) in [7, 11) is 1.92. The number of carbonyl (C=O) groups is 1. The van der Waals surface area contributed by atoms with Gasteiger partial charge in [-0.15, -0.1) is 12.4 Å². The fourth-order valence-corrected chi connectivity index (χ4v) is 3.53. The molecule has 0 spiro atoms.